The van der Waals surface area contributed by atoms with Crippen molar-refractivity contribution in [1.82, 2.24) is 4.90 Å². The van der Waals surface area contributed by atoms with Gasteiger partial charge in [0.1, 0.15) is 6.10 Å². The fourth-order valence-corrected chi connectivity index (χ4v) is 2.47. The van der Waals surface area contributed by atoms with Crippen LogP contribution in [0.25, 0.3) is 0 Å². The van der Waals surface area contributed by atoms with Crippen molar-refractivity contribution in [1.29, 1.82) is 0 Å². The van der Waals surface area contributed by atoms with E-state index < -0.39 is 0 Å². The Hall–Kier alpha value is -0.650. The Labute approximate surface area is 102 Å². The quantitative estimate of drug-likeness (QED) is 0.747. The number of amides is 1. The third-order valence-corrected chi connectivity index (χ3v) is 3.38. The zero-order valence-electron chi connectivity index (χ0n) is 10.6. The summed E-state index contributed by atoms with van der Waals surface area (Å²) in [6, 6.07) is 0. The molecule has 2 fully saturated rings. The summed E-state index contributed by atoms with van der Waals surface area (Å²) in [5.74, 6) is 0.0947. The third kappa shape index (κ3) is 2.97. The van der Waals surface area contributed by atoms with Gasteiger partial charge < -0.3 is 20.1 Å². The lowest BCUT2D eigenvalue weighted by atomic mass is 10.1. The summed E-state index contributed by atoms with van der Waals surface area (Å²) in [7, 11) is 0. The molecule has 2 rings (SSSR count). The minimum Gasteiger partial charge on any atom is -0.372 e. The number of nitrogens with two attached hydrogens (primary N) is 1. The monoisotopic (exact) mass is 242 g/mol. The average Bonchev–Trinajstić information content (AvgIpc) is 2.75. The van der Waals surface area contributed by atoms with Crippen LogP contribution in [0, 0.1) is 0 Å². The molecule has 0 aliphatic carbocycles. The lowest BCUT2D eigenvalue weighted by molar-refractivity contribution is -0.156. The van der Waals surface area contributed by atoms with Crippen LogP contribution in [0.4, 0.5) is 0 Å². The predicted octanol–water partition coefficient (Wildman–Crippen LogP) is 0.130. The van der Waals surface area contributed by atoms with Crippen molar-refractivity contribution in [3.8, 4) is 0 Å². The van der Waals surface area contributed by atoms with Crippen LogP contribution in [0.3, 0.4) is 0 Å². The Morgan fingerprint density at radius 2 is 2.24 bits per heavy atom. The molecule has 2 aliphatic rings. The van der Waals surface area contributed by atoms with Crippen LogP contribution >= 0.6 is 0 Å². The molecule has 2 aliphatic heterocycles. The maximum atomic E-state index is 12.3. The first kappa shape index (κ1) is 12.8. The van der Waals surface area contributed by atoms with E-state index in [-0.39, 0.29) is 23.7 Å². The van der Waals surface area contributed by atoms with Gasteiger partial charge in [-0.2, -0.15) is 0 Å². The highest BCUT2D eigenvalue weighted by atomic mass is 16.5. The van der Waals surface area contributed by atoms with Gasteiger partial charge in [-0.15, -0.1) is 0 Å². The molecule has 0 aromatic heterocycles. The highest BCUT2D eigenvalue weighted by Gasteiger charge is 2.36. The van der Waals surface area contributed by atoms with Crippen molar-refractivity contribution in [3.05, 3.63) is 0 Å². The van der Waals surface area contributed by atoms with E-state index in [1.165, 1.54) is 0 Å². The van der Waals surface area contributed by atoms with Gasteiger partial charge in [0, 0.05) is 19.6 Å². The predicted molar refractivity (Wildman–Crippen MR) is 63.6 cm³/mol. The minimum absolute atomic E-state index is 0.0537. The summed E-state index contributed by atoms with van der Waals surface area (Å²) in [4.78, 5) is 14.1. The van der Waals surface area contributed by atoms with Gasteiger partial charge in [0.25, 0.3) is 5.91 Å². The Kier molecular flexibility index (Phi) is 3.70. The summed E-state index contributed by atoms with van der Waals surface area (Å²) < 4.78 is 11.2. The standard InChI is InChI=1S/C12H22N2O3/c1-12(2)8-14(5-6-16-12)11(15)10-4-3-9(7-13)17-10/h9-10H,3-8,13H2,1-2H3. The van der Waals surface area contributed by atoms with Gasteiger partial charge >= 0.3 is 0 Å². The molecule has 0 saturated carbocycles. The average molecular weight is 242 g/mol. The first-order valence-electron chi connectivity index (χ1n) is 6.30. The molecular weight excluding hydrogens is 220 g/mol. The molecule has 1 amide bonds. The van der Waals surface area contributed by atoms with Crippen LogP contribution < -0.4 is 5.73 Å². The number of morpholine rings is 1. The fourth-order valence-electron chi connectivity index (χ4n) is 2.47. The highest BCUT2D eigenvalue weighted by molar-refractivity contribution is 5.81. The summed E-state index contributed by atoms with van der Waals surface area (Å²) in [6.07, 6.45) is 1.44. The Morgan fingerprint density at radius 1 is 1.47 bits per heavy atom. The lowest BCUT2D eigenvalue weighted by Gasteiger charge is -2.39. The second-order valence-electron chi connectivity index (χ2n) is 5.43. The Balaban J connectivity index is 1.92. The number of carbonyl (C=O) groups is 1. The minimum atomic E-state index is -0.294. The molecule has 2 saturated heterocycles. The van der Waals surface area contributed by atoms with Crippen LogP contribution in [-0.2, 0) is 14.3 Å². The molecule has 0 aromatic carbocycles. The number of carbonyl (C=O) groups excluding carboxylic acids is 1. The highest BCUT2D eigenvalue weighted by Crippen LogP contribution is 2.23. The molecule has 98 valence electrons. The van der Waals surface area contributed by atoms with Crippen molar-refractivity contribution < 1.29 is 14.3 Å². The largest absolute Gasteiger partial charge is 0.372 e. The first-order chi connectivity index (χ1) is 8.02. The third-order valence-electron chi connectivity index (χ3n) is 3.38. The van der Waals surface area contributed by atoms with E-state index >= 15 is 0 Å². The van der Waals surface area contributed by atoms with Crippen molar-refractivity contribution in [2.45, 2.75) is 44.5 Å². The molecule has 2 N–H and O–H groups in total. The zero-order valence-corrected chi connectivity index (χ0v) is 10.6. The van der Waals surface area contributed by atoms with Crippen LogP contribution in [0.1, 0.15) is 26.7 Å². The number of hydrogen-bond acceptors (Lipinski definition) is 4. The molecule has 2 unspecified atom stereocenters. The van der Waals surface area contributed by atoms with E-state index in [9.17, 15) is 4.79 Å². The van der Waals surface area contributed by atoms with Gasteiger partial charge in [0.15, 0.2) is 0 Å². The first-order valence-corrected chi connectivity index (χ1v) is 6.30. The second-order valence-corrected chi connectivity index (χ2v) is 5.43. The molecule has 17 heavy (non-hydrogen) atoms. The van der Waals surface area contributed by atoms with Crippen molar-refractivity contribution in [2.75, 3.05) is 26.2 Å². The molecular formula is C12H22N2O3. The van der Waals surface area contributed by atoms with E-state index in [1.54, 1.807) is 0 Å². The van der Waals surface area contributed by atoms with Gasteiger partial charge in [-0.25, -0.2) is 0 Å². The van der Waals surface area contributed by atoms with Crippen molar-refractivity contribution in [2.24, 2.45) is 5.73 Å². The van der Waals surface area contributed by atoms with Gasteiger partial charge in [0.2, 0.25) is 0 Å². The van der Waals surface area contributed by atoms with Crippen LogP contribution in [-0.4, -0.2) is 54.9 Å². The molecule has 0 aromatic rings. The molecule has 0 spiro atoms. The van der Waals surface area contributed by atoms with Gasteiger partial charge in [0.05, 0.1) is 18.3 Å². The lowest BCUT2D eigenvalue weighted by Crippen LogP contribution is -2.53. The molecule has 5 heteroatoms. The molecule has 0 radical (unpaired) electrons. The Bertz CT molecular complexity index is 293. The summed E-state index contributed by atoms with van der Waals surface area (Å²) in [6.45, 7) is 6.41. The summed E-state index contributed by atoms with van der Waals surface area (Å²) >= 11 is 0. The van der Waals surface area contributed by atoms with Gasteiger partial charge in [-0.3, -0.25) is 4.79 Å². The van der Waals surface area contributed by atoms with E-state index in [2.05, 4.69) is 0 Å². The molecule has 2 heterocycles. The normalized spacial score (nSPS) is 32.8. The maximum absolute atomic E-state index is 12.3. The number of ether oxygens (including phenoxy) is 2. The molecule has 0 bridgehead atoms. The van der Waals surface area contributed by atoms with E-state index in [1.807, 2.05) is 18.7 Å². The zero-order chi connectivity index (χ0) is 12.5. The van der Waals surface area contributed by atoms with E-state index in [4.69, 9.17) is 15.2 Å². The number of rotatable bonds is 2. The van der Waals surface area contributed by atoms with Crippen LogP contribution in [0.5, 0.6) is 0 Å². The molecule has 2 atom stereocenters. The second kappa shape index (κ2) is 4.92. The molecule has 5 nitrogen and oxygen atoms in total. The maximum Gasteiger partial charge on any atom is 0.251 e. The topological polar surface area (TPSA) is 64.8 Å². The van der Waals surface area contributed by atoms with E-state index in [0.29, 0.717) is 26.2 Å². The smallest absolute Gasteiger partial charge is 0.251 e. The number of hydrogen-bond donors (Lipinski definition) is 1. The van der Waals surface area contributed by atoms with Gasteiger partial charge in [-0.05, 0) is 26.7 Å². The van der Waals surface area contributed by atoms with Crippen molar-refractivity contribution in [3.63, 3.8) is 0 Å². The van der Waals surface area contributed by atoms with Crippen LogP contribution in [0.15, 0.2) is 0 Å². The Morgan fingerprint density at radius 3 is 2.82 bits per heavy atom. The van der Waals surface area contributed by atoms with Crippen molar-refractivity contribution >= 4 is 5.91 Å². The fraction of sp³-hybridized carbons (Fsp3) is 0.917. The summed E-state index contributed by atoms with van der Waals surface area (Å²) in [5, 5.41) is 0. The SMILES string of the molecule is CC1(C)CN(C(=O)C2CCC(CN)O2)CCO1. The van der Waals surface area contributed by atoms with Gasteiger partial charge in [-0.1, -0.05) is 0 Å². The van der Waals surface area contributed by atoms with Crippen LogP contribution in [0.2, 0.25) is 0 Å². The summed E-state index contributed by atoms with van der Waals surface area (Å²) in [5.41, 5.74) is 5.30. The number of nitrogens with zero attached hydrogens (tertiary/aromatic N) is 1. The van der Waals surface area contributed by atoms with E-state index in [0.717, 1.165) is 12.8 Å².